The van der Waals surface area contributed by atoms with Crippen molar-refractivity contribution in [1.29, 1.82) is 0 Å². The topological polar surface area (TPSA) is 140 Å². The molecule has 2 fully saturated rings. The molecule has 3 unspecified atom stereocenters. The molecule has 2 aromatic heterocycles. The molecule has 3 atom stereocenters. The van der Waals surface area contributed by atoms with E-state index in [-0.39, 0.29) is 17.9 Å². The number of aromatic nitrogens is 4. The highest BCUT2D eigenvalue weighted by atomic mass is 16.5. The standard InChI is InChI=1S/C28H34N8O2.C11H20O.2C2H6/c1-3-24(37)33-22-17-19(9-10-23(22)38-21-7-5-4-6-8-21)26-25-27(29)31-18-32-28(25)36(34-26)20-11-14-35(15-12-20)16-13-30-2;1-9-3-5-11(7-9)6-4-10(2)8-12;2*1-2/h3-5,7,9-10,17-18,20,30H,1,6,8,11-16H2,2H3,(H,33,37)(H2,29,31,32);8-11H,3-7H2,1-2H3;2*1-2H3. The number of likely N-dealkylation sites (N-methyl/N-ethyl adjacent to an activating group) is 1. The molecule has 1 saturated carbocycles. The summed E-state index contributed by atoms with van der Waals surface area (Å²) in [5.41, 5.74) is 9.07. The van der Waals surface area contributed by atoms with Crippen molar-refractivity contribution >= 4 is 34.7 Å². The highest BCUT2D eigenvalue weighted by Gasteiger charge is 2.27. The van der Waals surface area contributed by atoms with E-state index in [0.717, 1.165) is 93.4 Å². The van der Waals surface area contributed by atoms with Crippen LogP contribution in [0.5, 0.6) is 5.75 Å². The summed E-state index contributed by atoms with van der Waals surface area (Å²) in [6, 6.07) is 5.84. The van der Waals surface area contributed by atoms with Gasteiger partial charge in [-0.05, 0) is 87.8 Å². The Balaban J connectivity index is 0.000000413. The van der Waals surface area contributed by atoms with Crippen LogP contribution in [-0.2, 0) is 9.59 Å². The van der Waals surface area contributed by atoms with E-state index in [1.165, 1.54) is 38.1 Å². The van der Waals surface area contributed by atoms with Gasteiger partial charge in [0.25, 0.3) is 0 Å². The number of carbonyl (C=O) groups is 2. The number of nitrogen functional groups attached to an aromatic ring is 1. The maximum Gasteiger partial charge on any atom is 0.247 e. The summed E-state index contributed by atoms with van der Waals surface area (Å²) in [5.74, 6) is 3.56. The first-order valence-electron chi connectivity index (χ1n) is 20.2. The third-order valence-corrected chi connectivity index (χ3v) is 10.1. The van der Waals surface area contributed by atoms with E-state index in [1.807, 2.05) is 76.7 Å². The number of rotatable bonds is 13. The van der Waals surface area contributed by atoms with Gasteiger partial charge in [0.2, 0.25) is 5.91 Å². The molecule has 3 heterocycles. The fraction of sp³-hybridized carbons (Fsp3) is 0.558. The number of nitrogens with zero attached hydrogens (tertiary/aromatic N) is 5. The average Bonchev–Trinajstić information content (AvgIpc) is 3.83. The smallest absolute Gasteiger partial charge is 0.247 e. The highest BCUT2D eigenvalue weighted by Crippen LogP contribution is 2.38. The molecule has 3 aromatic rings. The minimum atomic E-state index is -0.326. The fourth-order valence-corrected chi connectivity index (χ4v) is 7.12. The second-order valence-corrected chi connectivity index (χ2v) is 14.0. The van der Waals surface area contributed by atoms with Crippen molar-refractivity contribution in [3.8, 4) is 17.0 Å². The van der Waals surface area contributed by atoms with Crippen molar-refractivity contribution in [3.63, 3.8) is 0 Å². The first kappa shape index (κ1) is 44.0. The number of likely N-dealkylation sites (tertiary alicyclic amines) is 1. The van der Waals surface area contributed by atoms with Crippen LogP contribution in [0.4, 0.5) is 11.5 Å². The van der Waals surface area contributed by atoms with Crippen LogP contribution in [0.25, 0.3) is 22.3 Å². The Labute approximate surface area is 323 Å². The zero-order valence-corrected chi connectivity index (χ0v) is 33.9. The Hall–Kier alpha value is -4.35. The molecule has 11 nitrogen and oxygen atoms in total. The minimum Gasteiger partial charge on any atom is -0.460 e. The van der Waals surface area contributed by atoms with Crippen molar-refractivity contribution < 1.29 is 14.3 Å². The molecule has 1 aromatic carbocycles. The van der Waals surface area contributed by atoms with Crippen LogP contribution in [0, 0.1) is 17.8 Å². The number of carbonyl (C=O) groups excluding carboxylic acids is 2. The molecule has 0 radical (unpaired) electrons. The second-order valence-electron chi connectivity index (χ2n) is 14.0. The van der Waals surface area contributed by atoms with Gasteiger partial charge in [-0.25, -0.2) is 14.6 Å². The molecular formula is C43H66N8O3. The number of anilines is 2. The summed E-state index contributed by atoms with van der Waals surface area (Å²) in [6.45, 7) is 19.9. The van der Waals surface area contributed by atoms with E-state index in [1.54, 1.807) is 0 Å². The molecular weight excluding hydrogens is 677 g/mol. The van der Waals surface area contributed by atoms with Gasteiger partial charge in [-0.1, -0.05) is 73.1 Å². The number of piperidine rings is 1. The van der Waals surface area contributed by atoms with Gasteiger partial charge in [-0.2, -0.15) is 5.10 Å². The van der Waals surface area contributed by atoms with Crippen molar-refractivity contribution in [2.45, 2.75) is 105 Å². The Morgan fingerprint density at radius 3 is 2.52 bits per heavy atom. The number of hydrogen-bond donors (Lipinski definition) is 3. The molecule has 54 heavy (non-hydrogen) atoms. The predicted octanol–water partition coefficient (Wildman–Crippen LogP) is 8.76. The summed E-state index contributed by atoms with van der Waals surface area (Å²) < 4.78 is 8.15. The lowest BCUT2D eigenvalue weighted by Gasteiger charge is -2.32. The van der Waals surface area contributed by atoms with E-state index in [9.17, 15) is 9.59 Å². The van der Waals surface area contributed by atoms with Crippen LogP contribution in [0.3, 0.4) is 0 Å². The largest absolute Gasteiger partial charge is 0.460 e. The Bertz CT molecular complexity index is 1670. The third-order valence-electron chi connectivity index (χ3n) is 10.1. The molecule has 11 heteroatoms. The Morgan fingerprint density at radius 2 is 1.89 bits per heavy atom. The maximum absolute atomic E-state index is 12.3. The SMILES string of the molecule is C=CC(=O)Nc1cc(-c2nn(C3CCN(CCNC)CC3)c3ncnc(N)c23)ccc1OC1=CC=CCC1.CC.CC.CC(C=O)CCC1CCC(C)C1. The number of nitrogens with two attached hydrogens (primary N) is 1. The van der Waals surface area contributed by atoms with Crippen LogP contribution in [-0.4, -0.2) is 70.1 Å². The van der Waals surface area contributed by atoms with Gasteiger partial charge in [0.15, 0.2) is 5.65 Å². The summed E-state index contributed by atoms with van der Waals surface area (Å²) in [6.07, 6.45) is 20.0. The van der Waals surface area contributed by atoms with Gasteiger partial charge in [-0.15, -0.1) is 0 Å². The van der Waals surface area contributed by atoms with Gasteiger partial charge < -0.3 is 30.8 Å². The van der Waals surface area contributed by atoms with Crippen molar-refractivity contribution in [1.82, 2.24) is 30.0 Å². The summed E-state index contributed by atoms with van der Waals surface area (Å²) >= 11 is 0. The van der Waals surface area contributed by atoms with Gasteiger partial charge in [0.1, 0.15) is 35.6 Å². The molecule has 0 bridgehead atoms. The lowest BCUT2D eigenvalue weighted by Crippen LogP contribution is -2.38. The van der Waals surface area contributed by atoms with E-state index in [0.29, 0.717) is 28.3 Å². The van der Waals surface area contributed by atoms with Crippen LogP contribution in [0.2, 0.25) is 0 Å². The lowest BCUT2D eigenvalue weighted by molar-refractivity contribution is -0.112. The quantitative estimate of drug-likeness (QED) is 0.116. The summed E-state index contributed by atoms with van der Waals surface area (Å²) in [7, 11) is 1.98. The molecule has 1 saturated heterocycles. The van der Waals surface area contributed by atoms with Crippen LogP contribution in [0.1, 0.15) is 105 Å². The third kappa shape index (κ3) is 12.6. The number of hydrogen-bond acceptors (Lipinski definition) is 9. The molecule has 1 amide bonds. The lowest BCUT2D eigenvalue weighted by atomic mass is 9.96. The zero-order valence-electron chi connectivity index (χ0n) is 33.9. The molecule has 6 rings (SSSR count). The first-order valence-corrected chi connectivity index (χ1v) is 20.2. The van der Waals surface area contributed by atoms with Crippen LogP contribution >= 0.6 is 0 Å². The number of fused-ring (bicyclic) bond motifs is 1. The number of amides is 1. The van der Waals surface area contributed by atoms with E-state index in [2.05, 4.69) is 45.1 Å². The van der Waals surface area contributed by atoms with Gasteiger partial charge in [0.05, 0.1) is 17.1 Å². The van der Waals surface area contributed by atoms with Crippen molar-refractivity contribution in [2.75, 3.05) is 44.3 Å². The van der Waals surface area contributed by atoms with E-state index in [4.69, 9.17) is 15.6 Å². The first-order chi connectivity index (χ1) is 26.3. The van der Waals surface area contributed by atoms with Crippen molar-refractivity contribution in [3.05, 3.63) is 61.2 Å². The predicted molar refractivity (Wildman–Crippen MR) is 223 cm³/mol. The Kier molecular flexibility index (Phi) is 19.1. The number of allylic oxidation sites excluding steroid dienone is 4. The monoisotopic (exact) mass is 743 g/mol. The normalized spacial score (nSPS) is 18.8. The van der Waals surface area contributed by atoms with E-state index < -0.39 is 0 Å². The Morgan fingerprint density at radius 1 is 1.13 bits per heavy atom. The summed E-state index contributed by atoms with van der Waals surface area (Å²) in [4.78, 5) is 33.9. The van der Waals surface area contributed by atoms with Crippen LogP contribution in [0.15, 0.2) is 61.2 Å². The van der Waals surface area contributed by atoms with Crippen LogP contribution < -0.4 is 21.1 Å². The minimum absolute atomic E-state index is 0.209. The molecule has 4 N–H and O–H groups in total. The molecule has 1 aliphatic heterocycles. The zero-order chi connectivity index (χ0) is 39.5. The summed E-state index contributed by atoms with van der Waals surface area (Å²) in [5, 5.41) is 11.8. The average molecular weight is 743 g/mol. The molecule has 2 aliphatic carbocycles. The molecule has 0 spiro atoms. The fourth-order valence-electron chi connectivity index (χ4n) is 7.12. The number of benzene rings is 1. The van der Waals surface area contributed by atoms with Gasteiger partial charge in [-0.3, -0.25) is 4.79 Å². The van der Waals surface area contributed by atoms with Gasteiger partial charge in [0, 0.05) is 44.1 Å². The number of aldehydes is 1. The highest BCUT2D eigenvalue weighted by molar-refractivity contribution is 6.02. The maximum atomic E-state index is 12.3. The van der Waals surface area contributed by atoms with Gasteiger partial charge >= 0.3 is 0 Å². The molecule has 3 aliphatic rings. The molecule has 296 valence electrons. The number of nitrogens with one attached hydrogen (secondary N) is 2. The van der Waals surface area contributed by atoms with E-state index >= 15 is 0 Å². The number of ether oxygens (including phenoxy) is 1. The van der Waals surface area contributed by atoms with Crippen molar-refractivity contribution in [2.24, 2.45) is 17.8 Å². The second kappa shape index (κ2) is 23.4.